The highest BCUT2D eigenvalue weighted by Gasteiger charge is 2.41. The summed E-state index contributed by atoms with van der Waals surface area (Å²) < 4.78 is 39.4. The highest BCUT2D eigenvalue weighted by molar-refractivity contribution is 6.32. The van der Waals surface area contributed by atoms with Crippen LogP contribution in [0.25, 0.3) is 0 Å². The van der Waals surface area contributed by atoms with Gasteiger partial charge in [0.25, 0.3) is 0 Å². The molecule has 0 saturated heterocycles. The van der Waals surface area contributed by atoms with E-state index >= 15 is 0 Å². The van der Waals surface area contributed by atoms with Crippen LogP contribution in [0.3, 0.4) is 0 Å². The van der Waals surface area contributed by atoms with E-state index in [0.717, 1.165) is 18.4 Å². The maximum absolute atomic E-state index is 13.4. The minimum Gasteiger partial charge on any atom is -0.369 e. The molecule has 1 aliphatic carbocycles. The Bertz CT molecular complexity index is 1270. The number of alkyl halides is 3. The fourth-order valence-corrected chi connectivity index (χ4v) is 5.15. The van der Waals surface area contributed by atoms with Crippen molar-refractivity contribution in [1.29, 1.82) is 0 Å². The van der Waals surface area contributed by atoms with Gasteiger partial charge in [0, 0.05) is 40.8 Å². The number of carbonyl (C=O) groups excluding carboxylic acids is 3. The van der Waals surface area contributed by atoms with Gasteiger partial charge in [-0.3, -0.25) is 19.4 Å². The van der Waals surface area contributed by atoms with Crippen molar-refractivity contribution in [2.45, 2.75) is 57.8 Å². The van der Waals surface area contributed by atoms with Gasteiger partial charge in [0.15, 0.2) is 11.9 Å². The Morgan fingerprint density at radius 2 is 1.87 bits per heavy atom. The van der Waals surface area contributed by atoms with Crippen molar-refractivity contribution >= 4 is 34.9 Å². The molecule has 2 aromatic carbocycles. The first-order valence-electron chi connectivity index (χ1n) is 12.5. The molecule has 38 heavy (non-hydrogen) atoms. The monoisotopic (exact) mass is 547 g/mol. The standard InChI is InChI=1S/C28H29ClF3N3O3/c1-15-4-2-5-17(12-15)24-18-6-3-7-22(29)20(18)14-23(36)26(34-24)35-27(38)19(10-11-28(30,31)32)21(25(33)37)13-16-8-9-16/h2-7,12,16,19,21,26H,8-11,13-14H2,1H3,(H2,33,37)(H,35,38)/t19-,21+,26-/m1/s1. The third-order valence-electron chi connectivity index (χ3n) is 7.07. The number of nitrogens with two attached hydrogens (primary N) is 1. The Morgan fingerprint density at radius 1 is 1.16 bits per heavy atom. The largest absolute Gasteiger partial charge is 0.389 e. The van der Waals surface area contributed by atoms with Crippen LogP contribution < -0.4 is 11.1 Å². The molecule has 2 aliphatic rings. The zero-order valence-corrected chi connectivity index (χ0v) is 21.6. The van der Waals surface area contributed by atoms with E-state index in [2.05, 4.69) is 10.3 Å². The van der Waals surface area contributed by atoms with E-state index in [0.29, 0.717) is 27.4 Å². The molecule has 2 aromatic rings. The predicted octanol–water partition coefficient (Wildman–Crippen LogP) is 4.91. The second kappa shape index (κ2) is 11.3. The van der Waals surface area contributed by atoms with Crippen molar-refractivity contribution in [3.63, 3.8) is 0 Å². The second-order valence-electron chi connectivity index (χ2n) is 10.1. The number of fused-ring (bicyclic) bond motifs is 1. The van der Waals surface area contributed by atoms with Crippen LogP contribution in [0.5, 0.6) is 0 Å². The van der Waals surface area contributed by atoms with Gasteiger partial charge in [-0.25, -0.2) is 0 Å². The summed E-state index contributed by atoms with van der Waals surface area (Å²) in [6.45, 7) is 1.90. The fraction of sp³-hybridized carbons (Fsp3) is 0.429. The fourth-order valence-electron chi connectivity index (χ4n) is 4.90. The normalized spacial score (nSPS) is 19.1. The molecule has 0 spiro atoms. The first kappa shape index (κ1) is 27.8. The summed E-state index contributed by atoms with van der Waals surface area (Å²) >= 11 is 6.43. The van der Waals surface area contributed by atoms with Gasteiger partial charge in [-0.2, -0.15) is 13.2 Å². The van der Waals surface area contributed by atoms with Crippen molar-refractivity contribution in [3.05, 3.63) is 69.7 Å². The number of amides is 2. The first-order valence-corrected chi connectivity index (χ1v) is 12.9. The zero-order chi connectivity index (χ0) is 27.6. The maximum atomic E-state index is 13.4. The minimum absolute atomic E-state index is 0.132. The van der Waals surface area contributed by atoms with E-state index in [9.17, 15) is 27.6 Å². The third kappa shape index (κ3) is 6.81. The van der Waals surface area contributed by atoms with Crippen molar-refractivity contribution in [1.82, 2.24) is 5.32 Å². The molecular formula is C28H29ClF3N3O3. The summed E-state index contributed by atoms with van der Waals surface area (Å²) in [6.07, 6.45) is -5.98. The molecular weight excluding hydrogens is 519 g/mol. The topological polar surface area (TPSA) is 102 Å². The third-order valence-corrected chi connectivity index (χ3v) is 7.42. The van der Waals surface area contributed by atoms with E-state index in [-0.39, 0.29) is 18.8 Å². The van der Waals surface area contributed by atoms with Crippen LogP contribution >= 0.6 is 11.6 Å². The lowest BCUT2D eigenvalue weighted by Crippen LogP contribution is -2.47. The summed E-state index contributed by atoms with van der Waals surface area (Å²) in [5.74, 6) is -4.40. The van der Waals surface area contributed by atoms with E-state index in [1.807, 2.05) is 31.2 Å². The van der Waals surface area contributed by atoms with Gasteiger partial charge in [-0.1, -0.05) is 60.3 Å². The van der Waals surface area contributed by atoms with Crippen LogP contribution in [-0.4, -0.2) is 35.7 Å². The maximum Gasteiger partial charge on any atom is 0.389 e. The van der Waals surface area contributed by atoms with Crippen LogP contribution in [0.2, 0.25) is 5.02 Å². The van der Waals surface area contributed by atoms with E-state index in [4.69, 9.17) is 17.3 Å². The molecule has 3 N–H and O–H groups in total. The molecule has 6 nitrogen and oxygen atoms in total. The van der Waals surface area contributed by atoms with Crippen LogP contribution in [-0.2, 0) is 20.8 Å². The Morgan fingerprint density at radius 3 is 2.50 bits per heavy atom. The van der Waals surface area contributed by atoms with Crippen molar-refractivity contribution < 1.29 is 27.6 Å². The molecule has 10 heteroatoms. The lowest BCUT2D eigenvalue weighted by molar-refractivity contribution is -0.146. The van der Waals surface area contributed by atoms with Crippen LogP contribution in [0.15, 0.2) is 47.5 Å². The smallest absolute Gasteiger partial charge is 0.369 e. The molecule has 1 aliphatic heterocycles. The molecule has 0 bridgehead atoms. The van der Waals surface area contributed by atoms with Crippen molar-refractivity contribution in [3.8, 4) is 0 Å². The number of aryl methyl sites for hydroxylation is 1. The summed E-state index contributed by atoms with van der Waals surface area (Å²) in [5.41, 5.74) is 8.80. The molecule has 0 unspecified atom stereocenters. The van der Waals surface area contributed by atoms with Gasteiger partial charge in [-0.05, 0) is 43.4 Å². The number of halogens is 4. The highest BCUT2D eigenvalue weighted by Crippen LogP contribution is 2.39. The summed E-state index contributed by atoms with van der Waals surface area (Å²) in [7, 11) is 0. The molecule has 202 valence electrons. The number of hydrogen-bond donors (Lipinski definition) is 2. The first-order chi connectivity index (χ1) is 17.9. The summed E-state index contributed by atoms with van der Waals surface area (Å²) in [4.78, 5) is 43.6. The molecule has 0 radical (unpaired) electrons. The SMILES string of the molecule is Cc1cccc(C2=N[C@H](NC(=O)[C@H](CCC(F)(F)F)[C@H](CC3CC3)C(N)=O)C(=O)Cc3c(Cl)cccc32)c1. The summed E-state index contributed by atoms with van der Waals surface area (Å²) in [5, 5.41) is 2.91. The number of nitrogens with one attached hydrogen (secondary N) is 1. The van der Waals surface area contributed by atoms with Crippen molar-refractivity contribution in [2.75, 3.05) is 0 Å². The number of Topliss-reactive ketones (excluding diaryl/α,β-unsaturated/α-hetero) is 1. The van der Waals surface area contributed by atoms with E-state index < -0.39 is 54.6 Å². The van der Waals surface area contributed by atoms with Gasteiger partial charge in [0.2, 0.25) is 11.8 Å². The molecule has 0 aromatic heterocycles. The predicted molar refractivity (Wildman–Crippen MR) is 138 cm³/mol. The molecule has 3 atom stereocenters. The van der Waals surface area contributed by atoms with Gasteiger partial charge < -0.3 is 11.1 Å². The number of primary amides is 1. The molecule has 1 saturated carbocycles. The van der Waals surface area contributed by atoms with Crippen molar-refractivity contribution in [2.24, 2.45) is 28.5 Å². The molecule has 2 amide bonds. The zero-order valence-electron chi connectivity index (χ0n) is 20.9. The average Bonchev–Trinajstić information content (AvgIpc) is 3.66. The quantitative estimate of drug-likeness (QED) is 0.466. The molecule has 1 fully saturated rings. The summed E-state index contributed by atoms with van der Waals surface area (Å²) in [6, 6.07) is 12.6. The Balaban J connectivity index is 1.69. The number of ketones is 1. The number of carbonyl (C=O) groups is 3. The number of aliphatic imine (C=N–C) groups is 1. The van der Waals surface area contributed by atoms with Gasteiger partial charge in [0.05, 0.1) is 5.71 Å². The van der Waals surface area contributed by atoms with E-state index in [1.54, 1.807) is 18.2 Å². The van der Waals surface area contributed by atoms with Crippen LogP contribution in [0, 0.1) is 24.7 Å². The number of rotatable bonds is 9. The lowest BCUT2D eigenvalue weighted by Gasteiger charge is -2.26. The van der Waals surface area contributed by atoms with Gasteiger partial charge in [0.1, 0.15) is 0 Å². The molecule has 1 heterocycles. The highest BCUT2D eigenvalue weighted by atomic mass is 35.5. The minimum atomic E-state index is -4.52. The number of hydrogen-bond acceptors (Lipinski definition) is 4. The Hall–Kier alpha value is -3.20. The Labute approximate surface area is 223 Å². The van der Waals surface area contributed by atoms with Gasteiger partial charge >= 0.3 is 6.18 Å². The average molecular weight is 548 g/mol. The van der Waals surface area contributed by atoms with Crippen LogP contribution in [0.1, 0.15) is 54.4 Å². The van der Waals surface area contributed by atoms with Crippen LogP contribution in [0.4, 0.5) is 13.2 Å². The Kier molecular flexibility index (Phi) is 8.25. The second-order valence-corrected chi connectivity index (χ2v) is 10.5. The van der Waals surface area contributed by atoms with E-state index in [1.165, 1.54) is 0 Å². The number of benzene rings is 2. The van der Waals surface area contributed by atoms with Gasteiger partial charge in [-0.15, -0.1) is 0 Å². The lowest BCUT2D eigenvalue weighted by atomic mass is 9.83. The molecule has 4 rings (SSSR count). The number of nitrogens with zero attached hydrogens (tertiary/aromatic N) is 1.